The zero-order valence-electron chi connectivity index (χ0n) is 13.6. The van der Waals surface area contributed by atoms with Gasteiger partial charge in [-0.3, -0.25) is 14.9 Å². The third-order valence-electron chi connectivity index (χ3n) is 3.68. The summed E-state index contributed by atoms with van der Waals surface area (Å²) in [5.74, 6) is -5.42. The predicted molar refractivity (Wildman–Crippen MR) is 86.4 cm³/mol. The van der Waals surface area contributed by atoms with Crippen molar-refractivity contribution in [1.82, 2.24) is 5.32 Å². The monoisotopic (exact) mass is 382 g/mol. The van der Waals surface area contributed by atoms with Crippen molar-refractivity contribution in [3.63, 3.8) is 0 Å². The molecule has 0 saturated carbocycles. The highest BCUT2D eigenvalue weighted by Gasteiger charge is 2.24. The standard InChI is InChI=1S/C17H13F3N2O5/c18-11-2-1-3-12(19)10(11)8-16(23)21-14(17(24)25)6-9-4-5-13(20)15(7-9)22(26)27/h1-5,7,14H,6,8H2,(H,21,23)(H,24,25)/t14-/m0/s1. The molecule has 27 heavy (non-hydrogen) atoms. The van der Waals surface area contributed by atoms with Gasteiger partial charge in [-0.1, -0.05) is 12.1 Å². The first kappa shape index (κ1) is 19.9. The van der Waals surface area contributed by atoms with E-state index < -0.39 is 58.0 Å². The SMILES string of the molecule is O=C(Cc1c(F)cccc1F)N[C@@H](Cc1ccc(F)c([N+](=O)[O-])c1)C(=O)O. The summed E-state index contributed by atoms with van der Waals surface area (Å²) in [6, 6.07) is 4.30. The Hall–Kier alpha value is -3.43. The molecule has 7 nitrogen and oxygen atoms in total. The average molecular weight is 382 g/mol. The predicted octanol–water partition coefficient (Wildman–Crippen LogP) is 2.37. The number of amides is 1. The minimum atomic E-state index is -1.53. The van der Waals surface area contributed by atoms with Gasteiger partial charge in [-0.15, -0.1) is 0 Å². The Morgan fingerprint density at radius 3 is 2.30 bits per heavy atom. The third kappa shape index (κ3) is 5.03. The van der Waals surface area contributed by atoms with Crippen LogP contribution in [0.3, 0.4) is 0 Å². The summed E-state index contributed by atoms with van der Waals surface area (Å²) in [7, 11) is 0. The number of carbonyl (C=O) groups excluding carboxylic acids is 1. The number of carboxylic acids is 1. The average Bonchev–Trinajstić information content (AvgIpc) is 2.59. The Morgan fingerprint density at radius 1 is 1.11 bits per heavy atom. The zero-order chi connectivity index (χ0) is 20.1. The van der Waals surface area contributed by atoms with Gasteiger partial charge >= 0.3 is 11.7 Å². The van der Waals surface area contributed by atoms with Gasteiger partial charge in [-0.25, -0.2) is 13.6 Å². The van der Waals surface area contributed by atoms with Crippen LogP contribution in [0.15, 0.2) is 36.4 Å². The zero-order valence-corrected chi connectivity index (χ0v) is 13.6. The van der Waals surface area contributed by atoms with Crippen LogP contribution in [-0.2, 0) is 22.4 Å². The summed E-state index contributed by atoms with van der Waals surface area (Å²) >= 11 is 0. The fourth-order valence-electron chi connectivity index (χ4n) is 2.37. The van der Waals surface area contributed by atoms with E-state index in [1.54, 1.807) is 0 Å². The van der Waals surface area contributed by atoms with Crippen molar-refractivity contribution < 1.29 is 32.8 Å². The molecule has 0 unspecified atom stereocenters. The van der Waals surface area contributed by atoms with E-state index >= 15 is 0 Å². The first-order chi connectivity index (χ1) is 12.7. The molecule has 2 aromatic rings. The molecular weight excluding hydrogens is 369 g/mol. The molecule has 0 spiro atoms. The lowest BCUT2D eigenvalue weighted by Gasteiger charge is -2.15. The molecule has 142 valence electrons. The first-order valence-corrected chi connectivity index (χ1v) is 7.57. The number of carbonyl (C=O) groups is 2. The quantitative estimate of drug-likeness (QED) is 0.564. The minimum Gasteiger partial charge on any atom is -0.480 e. The van der Waals surface area contributed by atoms with Gasteiger partial charge in [0.05, 0.1) is 11.3 Å². The second kappa shape index (κ2) is 8.30. The second-order valence-corrected chi connectivity index (χ2v) is 5.58. The van der Waals surface area contributed by atoms with Gasteiger partial charge in [0.25, 0.3) is 0 Å². The molecule has 0 heterocycles. The minimum absolute atomic E-state index is 0.0906. The fourth-order valence-corrected chi connectivity index (χ4v) is 2.37. The van der Waals surface area contributed by atoms with Crippen LogP contribution in [0.25, 0.3) is 0 Å². The molecule has 10 heteroatoms. The van der Waals surface area contributed by atoms with Gasteiger partial charge in [0, 0.05) is 18.1 Å². The number of carboxylic acid groups (broad SMARTS) is 1. The number of nitrogens with zero attached hydrogens (tertiary/aromatic N) is 1. The lowest BCUT2D eigenvalue weighted by Crippen LogP contribution is -2.43. The van der Waals surface area contributed by atoms with Crippen LogP contribution in [0.2, 0.25) is 0 Å². The molecule has 0 aliphatic rings. The summed E-state index contributed by atoms with van der Waals surface area (Å²) in [6.45, 7) is 0. The topological polar surface area (TPSA) is 110 Å². The summed E-state index contributed by atoms with van der Waals surface area (Å²) in [5.41, 5.74) is -1.26. The van der Waals surface area contributed by atoms with E-state index in [1.807, 2.05) is 0 Å². The highest BCUT2D eigenvalue weighted by Crippen LogP contribution is 2.19. The van der Waals surface area contributed by atoms with Crippen LogP contribution >= 0.6 is 0 Å². The maximum absolute atomic E-state index is 13.6. The molecule has 0 fully saturated rings. The van der Waals surface area contributed by atoms with Crippen molar-refractivity contribution in [1.29, 1.82) is 0 Å². The molecule has 0 bridgehead atoms. The van der Waals surface area contributed by atoms with Crippen molar-refractivity contribution in [2.24, 2.45) is 0 Å². The molecule has 1 amide bonds. The Balaban J connectivity index is 2.14. The number of aliphatic carboxylic acids is 1. The number of hydrogen-bond acceptors (Lipinski definition) is 4. The highest BCUT2D eigenvalue weighted by molar-refractivity contribution is 5.85. The van der Waals surface area contributed by atoms with E-state index in [0.29, 0.717) is 0 Å². The number of nitro benzene ring substituents is 1. The first-order valence-electron chi connectivity index (χ1n) is 7.57. The summed E-state index contributed by atoms with van der Waals surface area (Å²) in [5, 5.41) is 22.1. The molecule has 2 aromatic carbocycles. The van der Waals surface area contributed by atoms with Crippen LogP contribution in [0.1, 0.15) is 11.1 Å². The number of rotatable bonds is 7. The number of halogens is 3. The Bertz CT molecular complexity index is 884. The van der Waals surface area contributed by atoms with Gasteiger partial charge < -0.3 is 10.4 Å². The molecule has 1 atom stereocenters. The smallest absolute Gasteiger partial charge is 0.326 e. The van der Waals surface area contributed by atoms with Crippen molar-refractivity contribution in [2.45, 2.75) is 18.9 Å². The van der Waals surface area contributed by atoms with Gasteiger partial charge in [0.15, 0.2) is 0 Å². The molecule has 2 rings (SSSR count). The second-order valence-electron chi connectivity index (χ2n) is 5.58. The highest BCUT2D eigenvalue weighted by atomic mass is 19.1. The largest absolute Gasteiger partial charge is 0.480 e. The van der Waals surface area contributed by atoms with Crippen LogP contribution in [0.4, 0.5) is 18.9 Å². The molecule has 0 radical (unpaired) electrons. The van der Waals surface area contributed by atoms with E-state index in [4.69, 9.17) is 0 Å². The Morgan fingerprint density at radius 2 is 1.74 bits per heavy atom. The maximum atomic E-state index is 13.6. The van der Waals surface area contributed by atoms with Gasteiger partial charge in [0.2, 0.25) is 11.7 Å². The number of hydrogen-bond donors (Lipinski definition) is 2. The maximum Gasteiger partial charge on any atom is 0.326 e. The van der Waals surface area contributed by atoms with Crippen molar-refractivity contribution in [3.05, 3.63) is 75.1 Å². The normalized spacial score (nSPS) is 11.7. The number of nitro groups is 1. The van der Waals surface area contributed by atoms with E-state index in [1.165, 1.54) is 0 Å². The molecule has 0 aliphatic heterocycles. The van der Waals surface area contributed by atoms with E-state index in [2.05, 4.69) is 5.32 Å². The molecule has 0 aromatic heterocycles. The van der Waals surface area contributed by atoms with Crippen LogP contribution in [0.5, 0.6) is 0 Å². The number of benzene rings is 2. The molecule has 0 aliphatic carbocycles. The van der Waals surface area contributed by atoms with Crippen molar-refractivity contribution in [2.75, 3.05) is 0 Å². The summed E-state index contributed by atoms with van der Waals surface area (Å²) in [4.78, 5) is 33.1. The Labute approximate surface area is 150 Å². The lowest BCUT2D eigenvalue weighted by molar-refractivity contribution is -0.387. The van der Waals surface area contributed by atoms with Crippen LogP contribution < -0.4 is 5.32 Å². The lowest BCUT2D eigenvalue weighted by atomic mass is 10.0. The van der Waals surface area contributed by atoms with Crippen molar-refractivity contribution in [3.8, 4) is 0 Å². The van der Waals surface area contributed by atoms with Gasteiger partial charge in [-0.05, 0) is 23.8 Å². The molecular formula is C17H13F3N2O5. The third-order valence-corrected chi connectivity index (χ3v) is 3.68. The Kier molecular flexibility index (Phi) is 6.11. The van der Waals surface area contributed by atoms with E-state index in [9.17, 15) is 38.0 Å². The summed E-state index contributed by atoms with van der Waals surface area (Å²) < 4.78 is 40.5. The van der Waals surface area contributed by atoms with Gasteiger partial charge in [-0.2, -0.15) is 4.39 Å². The van der Waals surface area contributed by atoms with Crippen LogP contribution in [0, 0.1) is 27.6 Å². The van der Waals surface area contributed by atoms with Crippen molar-refractivity contribution >= 4 is 17.6 Å². The number of nitrogens with one attached hydrogen (secondary N) is 1. The fraction of sp³-hybridized carbons (Fsp3) is 0.176. The van der Waals surface area contributed by atoms with Gasteiger partial charge in [0.1, 0.15) is 17.7 Å². The van der Waals surface area contributed by atoms with Crippen LogP contribution in [-0.4, -0.2) is 27.9 Å². The molecule has 2 N–H and O–H groups in total. The van der Waals surface area contributed by atoms with E-state index in [0.717, 1.165) is 36.4 Å². The summed E-state index contributed by atoms with van der Waals surface area (Å²) in [6.07, 6.45) is -1.12. The molecule has 0 saturated heterocycles. The van der Waals surface area contributed by atoms with E-state index in [-0.39, 0.29) is 12.0 Å².